The van der Waals surface area contributed by atoms with E-state index in [0.29, 0.717) is 5.92 Å². The molecule has 0 saturated carbocycles. The van der Waals surface area contributed by atoms with Crippen LogP contribution in [0.5, 0.6) is 0 Å². The maximum absolute atomic E-state index is 6.44. The molecule has 0 bridgehead atoms. The first-order valence-corrected chi connectivity index (χ1v) is 7.08. The molecule has 0 heterocycles. The molecule has 0 spiro atoms. The maximum atomic E-state index is 6.44. The molecule has 1 aliphatic rings. The predicted molar refractivity (Wildman–Crippen MR) is 78.2 cm³/mol. The first kappa shape index (κ1) is 14.6. The van der Waals surface area contributed by atoms with Gasteiger partial charge in [-0.1, -0.05) is 52.0 Å². The zero-order valence-corrected chi connectivity index (χ0v) is 12.2. The van der Waals surface area contributed by atoms with E-state index in [1.807, 2.05) is 0 Å². The minimum Gasteiger partial charge on any atom is -0.0952 e. The zero-order chi connectivity index (χ0) is 13.0. The second kappa shape index (κ2) is 6.44. The van der Waals surface area contributed by atoms with E-state index in [2.05, 4.69) is 33.9 Å². The van der Waals surface area contributed by atoms with Crippen LogP contribution in [-0.4, -0.2) is 0 Å². The van der Waals surface area contributed by atoms with Crippen molar-refractivity contribution < 1.29 is 0 Å². The molecule has 1 rings (SSSR count). The van der Waals surface area contributed by atoms with Crippen LogP contribution in [0.2, 0.25) is 0 Å². The molecule has 0 nitrogen and oxygen atoms in total. The summed E-state index contributed by atoms with van der Waals surface area (Å²) in [5.41, 5.74) is 3.55. The van der Waals surface area contributed by atoms with Gasteiger partial charge in [0, 0.05) is 5.03 Å². The summed E-state index contributed by atoms with van der Waals surface area (Å²) in [7, 11) is 0. The Morgan fingerprint density at radius 2 is 2.06 bits per heavy atom. The van der Waals surface area contributed by atoms with Gasteiger partial charge in [-0.3, -0.25) is 0 Å². The molecule has 0 fully saturated rings. The maximum Gasteiger partial charge on any atom is 0.0261 e. The van der Waals surface area contributed by atoms with Gasteiger partial charge in [-0.25, -0.2) is 0 Å². The highest BCUT2D eigenvalue weighted by molar-refractivity contribution is 6.30. The van der Waals surface area contributed by atoms with Crippen LogP contribution < -0.4 is 0 Å². The van der Waals surface area contributed by atoms with Crippen LogP contribution in [0, 0.1) is 11.8 Å². The van der Waals surface area contributed by atoms with Gasteiger partial charge in [0.05, 0.1) is 0 Å². The minimum absolute atomic E-state index is 0.674. The molecule has 0 aliphatic heterocycles. The van der Waals surface area contributed by atoms with Crippen molar-refractivity contribution in [2.75, 3.05) is 0 Å². The van der Waals surface area contributed by atoms with Crippen LogP contribution in [0.15, 0.2) is 34.9 Å². The van der Waals surface area contributed by atoms with Gasteiger partial charge in [-0.2, -0.15) is 0 Å². The summed E-state index contributed by atoms with van der Waals surface area (Å²) in [6, 6.07) is 0. The van der Waals surface area contributed by atoms with E-state index in [0.717, 1.165) is 36.6 Å². The van der Waals surface area contributed by atoms with Crippen LogP contribution in [0.4, 0.5) is 0 Å². The highest BCUT2D eigenvalue weighted by Gasteiger charge is 2.24. The number of rotatable bonds is 5. The molecule has 0 radical (unpaired) electrons. The third kappa shape index (κ3) is 4.03. The molecule has 0 aromatic heterocycles. The van der Waals surface area contributed by atoms with Gasteiger partial charge in [-0.05, 0) is 54.2 Å². The average molecular weight is 253 g/mol. The van der Waals surface area contributed by atoms with Crippen molar-refractivity contribution in [3.63, 3.8) is 0 Å². The van der Waals surface area contributed by atoms with Gasteiger partial charge in [-0.15, -0.1) is 0 Å². The molecule has 1 atom stereocenters. The topological polar surface area (TPSA) is 0 Å². The Bertz CT molecular complexity index is 333. The fraction of sp³-hybridized carbons (Fsp3) is 0.625. The Morgan fingerprint density at radius 3 is 2.53 bits per heavy atom. The van der Waals surface area contributed by atoms with Crippen LogP contribution in [0.3, 0.4) is 0 Å². The lowest BCUT2D eigenvalue weighted by Crippen LogP contribution is -2.13. The molecule has 1 heteroatoms. The molecular weight excluding hydrogens is 228 g/mol. The van der Waals surface area contributed by atoms with E-state index in [9.17, 15) is 0 Å². The molecule has 1 unspecified atom stereocenters. The van der Waals surface area contributed by atoms with E-state index in [-0.39, 0.29) is 0 Å². The molecule has 96 valence electrons. The summed E-state index contributed by atoms with van der Waals surface area (Å²) in [5, 5.41) is 0.991. The van der Waals surface area contributed by atoms with E-state index >= 15 is 0 Å². The lowest BCUT2D eigenvalue weighted by atomic mass is 9.79. The Hall–Kier alpha value is -0.490. The first-order valence-electron chi connectivity index (χ1n) is 6.70. The molecular formula is C16H25Cl. The normalized spacial score (nSPS) is 21.2. The summed E-state index contributed by atoms with van der Waals surface area (Å²) < 4.78 is 0. The van der Waals surface area contributed by atoms with Crippen LogP contribution in [-0.2, 0) is 0 Å². The van der Waals surface area contributed by atoms with E-state index in [4.69, 9.17) is 11.6 Å². The van der Waals surface area contributed by atoms with Gasteiger partial charge in [0.2, 0.25) is 0 Å². The standard InChI is InChI=1S/C16H25Cl/c1-6-7-12(4)16-13(5)9-14(8-11(2)3)10-15(16)17/h11,14H,4-10H2,1-3H3. The molecule has 0 amide bonds. The second-order valence-electron chi connectivity index (χ2n) is 5.64. The molecule has 17 heavy (non-hydrogen) atoms. The van der Waals surface area contributed by atoms with Crippen LogP contribution in [0.1, 0.15) is 52.9 Å². The SMILES string of the molecule is C=C(CCC)C1=C(Cl)CC(CC(C)C)CC1=C. The smallest absolute Gasteiger partial charge is 0.0261 e. The number of halogens is 1. The van der Waals surface area contributed by atoms with Crippen molar-refractivity contribution in [3.8, 4) is 0 Å². The van der Waals surface area contributed by atoms with Crippen molar-refractivity contribution in [3.05, 3.63) is 34.9 Å². The van der Waals surface area contributed by atoms with Crippen molar-refractivity contribution in [2.24, 2.45) is 11.8 Å². The second-order valence-corrected chi connectivity index (χ2v) is 6.10. The minimum atomic E-state index is 0.674. The Morgan fingerprint density at radius 1 is 1.41 bits per heavy atom. The third-order valence-electron chi connectivity index (χ3n) is 3.34. The average Bonchev–Trinajstić information content (AvgIpc) is 2.15. The highest BCUT2D eigenvalue weighted by Crippen LogP contribution is 2.41. The lowest BCUT2D eigenvalue weighted by molar-refractivity contribution is 0.401. The van der Waals surface area contributed by atoms with Gasteiger partial charge >= 0.3 is 0 Å². The van der Waals surface area contributed by atoms with Gasteiger partial charge in [0.25, 0.3) is 0 Å². The van der Waals surface area contributed by atoms with Crippen molar-refractivity contribution >= 4 is 11.6 Å². The fourth-order valence-electron chi connectivity index (χ4n) is 2.77. The Labute approximate surface area is 111 Å². The van der Waals surface area contributed by atoms with E-state index in [1.54, 1.807) is 0 Å². The van der Waals surface area contributed by atoms with Crippen LogP contribution >= 0.6 is 11.6 Å². The third-order valence-corrected chi connectivity index (χ3v) is 3.68. The molecule has 1 aliphatic carbocycles. The van der Waals surface area contributed by atoms with Crippen molar-refractivity contribution in [1.29, 1.82) is 0 Å². The van der Waals surface area contributed by atoms with E-state index < -0.39 is 0 Å². The van der Waals surface area contributed by atoms with Gasteiger partial charge < -0.3 is 0 Å². The predicted octanol–water partition coefficient (Wildman–Crippen LogP) is 5.85. The Kier molecular flexibility index (Phi) is 5.52. The van der Waals surface area contributed by atoms with Crippen molar-refractivity contribution in [1.82, 2.24) is 0 Å². The highest BCUT2D eigenvalue weighted by atomic mass is 35.5. The monoisotopic (exact) mass is 252 g/mol. The summed E-state index contributed by atoms with van der Waals surface area (Å²) in [6.07, 6.45) is 5.49. The summed E-state index contributed by atoms with van der Waals surface area (Å²) in [4.78, 5) is 0. The molecule has 0 aromatic rings. The van der Waals surface area contributed by atoms with Gasteiger partial charge in [0.15, 0.2) is 0 Å². The zero-order valence-electron chi connectivity index (χ0n) is 11.5. The van der Waals surface area contributed by atoms with Gasteiger partial charge in [0.1, 0.15) is 0 Å². The fourth-order valence-corrected chi connectivity index (χ4v) is 3.26. The lowest BCUT2D eigenvalue weighted by Gasteiger charge is -2.28. The summed E-state index contributed by atoms with van der Waals surface area (Å²) in [6.45, 7) is 15.1. The number of hydrogen-bond acceptors (Lipinski definition) is 0. The summed E-state index contributed by atoms with van der Waals surface area (Å²) >= 11 is 6.44. The Balaban J connectivity index is 2.79. The quantitative estimate of drug-likeness (QED) is 0.576. The molecule has 0 N–H and O–H groups in total. The van der Waals surface area contributed by atoms with Crippen LogP contribution in [0.25, 0.3) is 0 Å². The largest absolute Gasteiger partial charge is 0.0952 e. The number of allylic oxidation sites excluding steroid dienone is 4. The molecule has 0 saturated heterocycles. The first-order chi connectivity index (χ1) is 7.95. The summed E-state index contributed by atoms with van der Waals surface area (Å²) in [5.74, 6) is 1.41. The van der Waals surface area contributed by atoms with E-state index in [1.165, 1.54) is 23.1 Å². The van der Waals surface area contributed by atoms with Crippen molar-refractivity contribution in [2.45, 2.75) is 52.9 Å². The molecule has 0 aromatic carbocycles. The number of hydrogen-bond donors (Lipinski definition) is 0.